The number of carbonyl (C=O) groups is 2. The Morgan fingerprint density at radius 3 is 2.10 bits per heavy atom. The minimum absolute atomic E-state index is 0.124. The van der Waals surface area contributed by atoms with Gasteiger partial charge in [0.1, 0.15) is 0 Å². The lowest BCUT2D eigenvalue weighted by atomic mass is 9.84. The van der Waals surface area contributed by atoms with Gasteiger partial charge in [-0.2, -0.15) is 0 Å². The summed E-state index contributed by atoms with van der Waals surface area (Å²) in [6.45, 7) is 7.05. The molecule has 4 nitrogen and oxygen atoms in total. The first kappa shape index (κ1) is 16.2. The van der Waals surface area contributed by atoms with Gasteiger partial charge in [-0.3, -0.25) is 9.59 Å². The van der Waals surface area contributed by atoms with Crippen molar-refractivity contribution in [3.05, 3.63) is 35.9 Å². The molecular formula is C16H23NO3. The molecule has 1 aromatic carbocycles. The SMILES string of the molecule is CC(C)(CNC(=O)C(C)(C)Cc1ccccc1)C(=O)O. The van der Waals surface area contributed by atoms with Crippen molar-refractivity contribution >= 4 is 11.9 Å². The van der Waals surface area contributed by atoms with E-state index in [-0.39, 0.29) is 12.5 Å². The van der Waals surface area contributed by atoms with Crippen molar-refractivity contribution in [3.63, 3.8) is 0 Å². The Hall–Kier alpha value is -1.84. The van der Waals surface area contributed by atoms with Gasteiger partial charge < -0.3 is 10.4 Å². The molecule has 0 saturated heterocycles. The van der Waals surface area contributed by atoms with Crippen molar-refractivity contribution in [3.8, 4) is 0 Å². The van der Waals surface area contributed by atoms with Gasteiger partial charge in [0.2, 0.25) is 5.91 Å². The number of rotatable bonds is 6. The maximum atomic E-state index is 12.2. The molecule has 0 unspecified atom stereocenters. The summed E-state index contributed by atoms with van der Waals surface area (Å²) in [4.78, 5) is 23.3. The summed E-state index contributed by atoms with van der Waals surface area (Å²) >= 11 is 0. The van der Waals surface area contributed by atoms with Gasteiger partial charge in [0.25, 0.3) is 0 Å². The monoisotopic (exact) mass is 277 g/mol. The van der Waals surface area contributed by atoms with E-state index in [9.17, 15) is 9.59 Å². The van der Waals surface area contributed by atoms with Crippen LogP contribution in [0.5, 0.6) is 0 Å². The molecule has 0 aliphatic carbocycles. The quantitative estimate of drug-likeness (QED) is 0.839. The first-order valence-electron chi connectivity index (χ1n) is 6.71. The highest BCUT2D eigenvalue weighted by molar-refractivity contribution is 5.83. The fourth-order valence-corrected chi connectivity index (χ4v) is 1.80. The fraction of sp³-hybridized carbons (Fsp3) is 0.500. The number of carboxylic acids is 1. The van der Waals surface area contributed by atoms with E-state index in [0.717, 1.165) is 5.56 Å². The number of aliphatic carboxylic acids is 1. The highest BCUT2D eigenvalue weighted by Gasteiger charge is 2.32. The van der Waals surface area contributed by atoms with Crippen molar-refractivity contribution in [1.82, 2.24) is 5.32 Å². The number of benzene rings is 1. The third-order valence-corrected chi connectivity index (χ3v) is 3.37. The summed E-state index contributed by atoms with van der Waals surface area (Å²) < 4.78 is 0. The molecule has 1 rings (SSSR count). The van der Waals surface area contributed by atoms with Gasteiger partial charge in [0, 0.05) is 12.0 Å². The van der Waals surface area contributed by atoms with Crippen LogP contribution in [0, 0.1) is 10.8 Å². The molecule has 0 aliphatic heterocycles. The molecule has 0 saturated carbocycles. The van der Waals surface area contributed by atoms with E-state index in [2.05, 4.69) is 5.32 Å². The van der Waals surface area contributed by atoms with Crippen LogP contribution in [0.2, 0.25) is 0 Å². The van der Waals surface area contributed by atoms with E-state index < -0.39 is 16.8 Å². The first-order valence-corrected chi connectivity index (χ1v) is 6.71. The molecule has 4 heteroatoms. The number of carboxylic acid groups (broad SMARTS) is 1. The van der Waals surface area contributed by atoms with E-state index in [1.807, 2.05) is 44.2 Å². The van der Waals surface area contributed by atoms with Crippen LogP contribution in [0.3, 0.4) is 0 Å². The largest absolute Gasteiger partial charge is 0.481 e. The van der Waals surface area contributed by atoms with Gasteiger partial charge in [0.05, 0.1) is 5.41 Å². The van der Waals surface area contributed by atoms with Crippen LogP contribution in [0.15, 0.2) is 30.3 Å². The zero-order valence-electron chi connectivity index (χ0n) is 12.6. The van der Waals surface area contributed by atoms with E-state index in [0.29, 0.717) is 6.42 Å². The molecule has 0 atom stereocenters. The maximum absolute atomic E-state index is 12.2. The summed E-state index contributed by atoms with van der Waals surface area (Å²) in [6.07, 6.45) is 0.618. The minimum atomic E-state index is -0.960. The Labute approximate surface area is 120 Å². The molecule has 0 fully saturated rings. The molecule has 2 N–H and O–H groups in total. The molecule has 0 aliphatic rings. The van der Waals surface area contributed by atoms with E-state index in [1.165, 1.54) is 0 Å². The highest BCUT2D eigenvalue weighted by Crippen LogP contribution is 2.23. The number of nitrogens with one attached hydrogen (secondary N) is 1. The summed E-state index contributed by atoms with van der Waals surface area (Å²) in [6, 6.07) is 9.78. The Kier molecular flexibility index (Phi) is 4.93. The van der Waals surface area contributed by atoms with Crippen molar-refractivity contribution < 1.29 is 14.7 Å². The van der Waals surface area contributed by atoms with Crippen LogP contribution in [0.4, 0.5) is 0 Å². The van der Waals surface area contributed by atoms with Crippen LogP contribution in [0.1, 0.15) is 33.3 Å². The molecular weight excluding hydrogens is 254 g/mol. The van der Waals surface area contributed by atoms with Gasteiger partial charge in [-0.1, -0.05) is 44.2 Å². The normalized spacial score (nSPS) is 12.0. The second-order valence-corrected chi connectivity index (χ2v) is 6.42. The number of hydrogen-bond acceptors (Lipinski definition) is 2. The molecule has 1 amide bonds. The van der Waals surface area contributed by atoms with Crippen molar-refractivity contribution in [2.24, 2.45) is 10.8 Å². The van der Waals surface area contributed by atoms with E-state index in [4.69, 9.17) is 5.11 Å². The number of amides is 1. The average Bonchev–Trinajstić information content (AvgIpc) is 2.36. The van der Waals surface area contributed by atoms with E-state index in [1.54, 1.807) is 13.8 Å². The smallest absolute Gasteiger partial charge is 0.310 e. The molecule has 20 heavy (non-hydrogen) atoms. The molecule has 0 spiro atoms. The fourth-order valence-electron chi connectivity index (χ4n) is 1.80. The average molecular weight is 277 g/mol. The third-order valence-electron chi connectivity index (χ3n) is 3.37. The lowest BCUT2D eigenvalue weighted by molar-refractivity contribution is -0.147. The Balaban J connectivity index is 2.64. The predicted octanol–water partition coefficient (Wildman–Crippen LogP) is 2.48. The summed E-state index contributed by atoms with van der Waals surface area (Å²) in [7, 11) is 0. The van der Waals surface area contributed by atoms with Gasteiger partial charge in [-0.25, -0.2) is 0 Å². The van der Waals surface area contributed by atoms with Crippen molar-refractivity contribution in [2.75, 3.05) is 6.54 Å². The molecule has 0 radical (unpaired) electrons. The van der Waals surface area contributed by atoms with Crippen LogP contribution in [-0.2, 0) is 16.0 Å². The van der Waals surface area contributed by atoms with Crippen molar-refractivity contribution in [1.29, 1.82) is 0 Å². The summed E-state index contributed by atoms with van der Waals surface area (Å²) in [5, 5.41) is 11.8. The molecule has 0 heterocycles. The lowest BCUT2D eigenvalue weighted by Crippen LogP contribution is -2.44. The van der Waals surface area contributed by atoms with Crippen LogP contribution >= 0.6 is 0 Å². The zero-order valence-corrected chi connectivity index (χ0v) is 12.6. The number of carbonyl (C=O) groups excluding carboxylic acids is 1. The van der Waals surface area contributed by atoms with Crippen molar-refractivity contribution in [2.45, 2.75) is 34.1 Å². The molecule has 110 valence electrons. The van der Waals surface area contributed by atoms with Crippen LogP contribution < -0.4 is 5.32 Å². The summed E-state index contributed by atoms with van der Waals surface area (Å²) in [5.74, 6) is -1.05. The Morgan fingerprint density at radius 2 is 1.60 bits per heavy atom. The molecule has 0 aromatic heterocycles. The highest BCUT2D eigenvalue weighted by atomic mass is 16.4. The predicted molar refractivity (Wildman–Crippen MR) is 78.4 cm³/mol. The van der Waals surface area contributed by atoms with Crippen LogP contribution in [0.25, 0.3) is 0 Å². The van der Waals surface area contributed by atoms with Gasteiger partial charge in [0.15, 0.2) is 0 Å². The molecule has 0 bridgehead atoms. The second-order valence-electron chi connectivity index (χ2n) is 6.42. The standard InChI is InChI=1S/C16H23NO3/c1-15(2,10-12-8-6-5-7-9-12)13(18)17-11-16(3,4)14(19)20/h5-9H,10-11H2,1-4H3,(H,17,18)(H,19,20). The second kappa shape index (κ2) is 6.07. The summed E-state index contributed by atoms with van der Waals surface area (Å²) in [5.41, 5.74) is -0.445. The first-order chi connectivity index (χ1) is 9.15. The zero-order chi connectivity index (χ0) is 15.4. The molecule has 1 aromatic rings. The Morgan fingerprint density at radius 1 is 1.05 bits per heavy atom. The van der Waals surface area contributed by atoms with E-state index >= 15 is 0 Å². The van der Waals surface area contributed by atoms with Gasteiger partial charge in [-0.05, 0) is 25.8 Å². The van der Waals surface area contributed by atoms with Gasteiger partial charge >= 0.3 is 5.97 Å². The number of hydrogen-bond donors (Lipinski definition) is 2. The van der Waals surface area contributed by atoms with Gasteiger partial charge in [-0.15, -0.1) is 0 Å². The maximum Gasteiger partial charge on any atom is 0.310 e. The third kappa shape index (κ3) is 4.37. The topological polar surface area (TPSA) is 66.4 Å². The lowest BCUT2D eigenvalue weighted by Gasteiger charge is -2.26. The van der Waals surface area contributed by atoms with Crippen LogP contribution in [-0.4, -0.2) is 23.5 Å². The minimum Gasteiger partial charge on any atom is -0.481 e. The Bertz CT molecular complexity index is 478.